The largest absolute Gasteiger partial charge is 0.391 e. The predicted octanol–water partition coefficient (Wildman–Crippen LogP) is 7.17. The van der Waals surface area contributed by atoms with Crippen LogP contribution in [0.3, 0.4) is 0 Å². The Morgan fingerprint density at radius 1 is 0.800 bits per heavy atom. The maximum Gasteiger partial charge on any atom is 0.163 e. The summed E-state index contributed by atoms with van der Waals surface area (Å²) in [6, 6.07) is 0. The summed E-state index contributed by atoms with van der Waals surface area (Å²) in [4.78, 5) is 0. The zero-order chi connectivity index (χ0) is 21.9. The lowest BCUT2D eigenvalue weighted by molar-refractivity contribution is -0.146. The Kier molecular flexibility index (Phi) is 17.1. The van der Waals surface area contributed by atoms with Crippen molar-refractivity contribution in [3.8, 4) is 0 Å². The van der Waals surface area contributed by atoms with Crippen molar-refractivity contribution in [2.75, 3.05) is 19.8 Å². The molecule has 0 saturated carbocycles. The third kappa shape index (κ3) is 16.5. The molecule has 30 heavy (non-hydrogen) atoms. The molecule has 0 aromatic rings. The van der Waals surface area contributed by atoms with Gasteiger partial charge in [0.15, 0.2) is 5.79 Å². The van der Waals surface area contributed by atoms with Gasteiger partial charge in [0.25, 0.3) is 0 Å². The number of hydrogen-bond donors (Lipinski definition) is 1. The van der Waals surface area contributed by atoms with Gasteiger partial charge in [0.1, 0.15) is 6.10 Å². The van der Waals surface area contributed by atoms with Gasteiger partial charge in [-0.2, -0.15) is 0 Å². The van der Waals surface area contributed by atoms with Crippen LogP contribution in [0.25, 0.3) is 0 Å². The summed E-state index contributed by atoms with van der Waals surface area (Å²) in [5.74, 6) is -0.500. The number of hydrogen-bond acceptors (Lipinski definition) is 4. The van der Waals surface area contributed by atoms with Gasteiger partial charge in [-0.1, -0.05) is 110 Å². The fraction of sp³-hybridized carbons (Fsp3) is 1.00. The predicted molar refractivity (Wildman–Crippen MR) is 126 cm³/mol. The molecule has 2 atom stereocenters. The molecular weight excluding hydrogens is 376 g/mol. The Morgan fingerprint density at radius 3 is 1.70 bits per heavy atom. The third-order valence-corrected chi connectivity index (χ3v) is 6.07. The lowest BCUT2D eigenvalue weighted by atomic mass is 10.0. The van der Waals surface area contributed by atoms with Crippen molar-refractivity contribution in [1.29, 1.82) is 0 Å². The zero-order valence-electron chi connectivity index (χ0n) is 20.5. The minimum absolute atomic E-state index is 0.0113. The van der Waals surface area contributed by atoms with Gasteiger partial charge < -0.3 is 19.3 Å². The lowest BCUT2D eigenvalue weighted by Crippen LogP contribution is -2.26. The molecule has 0 bridgehead atoms. The van der Waals surface area contributed by atoms with Crippen LogP contribution in [0.5, 0.6) is 0 Å². The first-order chi connectivity index (χ1) is 14.5. The molecule has 0 aromatic heterocycles. The van der Waals surface area contributed by atoms with E-state index in [0.717, 1.165) is 12.8 Å². The zero-order valence-corrected chi connectivity index (χ0v) is 20.5. The normalized spacial score (nSPS) is 19.4. The minimum atomic E-state index is -0.500. The van der Waals surface area contributed by atoms with E-state index in [1.165, 1.54) is 96.3 Å². The number of aliphatic hydroxyl groups is 1. The van der Waals surface area contributed by atoms with Crippen LogP contribution in [0.15, 0.2) is 0 Å². The molecule has 1 aliphatic heterocycles. The van der Waals surface area contributed by atoms with Gasteiger partial charge in [-0.15, -0.1) is 0 Å². The van der Waals surface area contributed by atoms with Crippen LogP contribution in [0, 0.1) is 0 Å². The highest BCUT2D eigenvalue weighted by atomic mass is 16.7. The van der Waals surface area contributed by atoms with Crippen molar-refractivity contribution in [1.82, 2.24) is 0 Å². The van der Waals surface area contributed by atoms with E-state index >= 15 is 0 Å². The summed E-state index contributed by atoms with van der Waals surface area (Å²) < 4.78 is 16.8. The van der Waals surface area contributed by atoms with Crippen LogP contribution >= 0.6 is 0 Å². The van der Waals surface area contributed by atoms with Crippen molar-refractivity contribution < 1.29 is 19.3 Å². The van der Waals surface area contributed by atoms with Gasteiger partial charge in [-0.3, -0.25) is 0 Å². The number of rotatable bonds is 21. The van der Waals surface area contributed by atoms with Crippen molar-refractivity contribution in [3.63, 3.8) is 0 Å². The summed E-state index contributed by atoms with van der Waals surface area (Å²) in [6.45, 7) is 7.59. The Morgan fingerprint density at radius 2 is 1.27 bits per heavy atom. The number of unbranched alkanes of at least 4 members (excludes halogenated alkanes) is 15. The van der Waals surface area contributed by atoms with Gasteiger partial charge >= 0.3 is 0 Å². The van der Waals surface area contributed by atoms with Crippen LogP contribution in [-0.4, -0.2) is 42.9 Å². The molecule has 0 spiro atoms. The molecule has 2 unspecified atom stereocenters. The van der Waals surface area contributed by atoms with Crippen molar-refractivity contribution >= 4 is 0 Å². The van der Waals surface area contributed by atoms with Gasteiger partial charge in [-0.25, -0.2) is 0 Å². The highest BCUT2D eigenvalue weighted by molar-refractivity contribution is 4.70. The van der Waals surface area contributed by atoms with Gasteiger partial charge in [0, 0.05) is 0 Å². The van der Waals surface area contributed by atoms with Crippen LogP contribution in [-0.2, 0) is 14.2 Å². The van der Waals surface area contributed by atoms with Crippen LogP contribution < -0.4 is 0 Å². The summed E-state index contributed by atoms with van der Waals surface area (Å²) >= 11 is 0. The first kappa shape index (κ1) is 27.9. The Balaban J connectivity index is 1.74. The number of ether oxygens (including phenoxy) is 3. The molecule has 1 aliphatic rings. The van der Waals surface area contributed by atoms with Gasteiger partial charge in [0.2, 0.25) is 0 Å². The van der Waals surface area contributed by atoms with E-state index < -0.39 is 5.79 Å². The van der Waals surface area contributed by atoms with Crippen LogP contribution in [0.2, 0.25) is 0 Å². The Labute approximate surface area is 187 Å². The highest BCUT2D eigenvalue weighted by Gasteiger charge is 2.32. The minimum Gasteiger partial charge on any atom is -0.391 e. The van der Waals surface area contributed by atoms with E-state index in [9.17, 15) is 5.11 Å². The molecule has 1 N–H and O–H groups in total. The first-order valence-corrected chi connectivity index (χ1v) is 13.1. The van der Waals surface area contributed by atoms with E-state index in [-0.39, 0.29) is 12.2 Å². The Bertz CT molecular complexity index is 372. The van der Waals surface area contributed by atoms with Crippen LogP contribution in [0.1, 0.15) is 130 Å². The molecule has 0 aliphatic carbocycles. The fourth-order valence-corrected chi connectivity index (χ4v) is 4.19. The maximum atomic E-state index is 10.0. The second-order valence-corrected chi connectivity index (χ2v) is 9.73. The van der Waals surface area contributed by atoms with Crippen LogP contribution in [0.4, 0.5) is 0 Å². The summed E-state index contributed by atoms with van der Waals surface area (Å²) in [7, 11) is 0. The first-order valence-electron chi connectivity index (χ1n) is 13.1. The summed E-state index contributed by atoms with van der Waals surface area (Å²) in [5, 5.41) is 10.0. The summed E-state index contributed by atoms with van der Waals surface area (Å²) in [6.07, 6.45) is 22.5. The quantitative estimate of drug-likeness (QED) is 0.197. The standard InChI is InChI=1S/C26H52O4/c1-4-5-6-7-8-9-10-11-12-13-14-15-16-17-18-19-20-24(27)21-28-22-25-23-29-26(2,3)30-25/h24-25,27H,4-23H2,1-3H3. The van der Waals surface area contributed by atoms with Gasteiger partial charge in [-0.05, 0) is 20.3 Å². The highest BCUT2D eigenvalue weighted by Crippen LogP contribution is 2.22. The molecule has 1 heterocycles. The SMILES string of the molecule is CCCCCCCCCCCCCCCCCCC(O)COCC1COC(C)(C)O1. The molecule has 0 amide bonds. The molecule has 1 rings (SSSR count). The van der Waals surface area contributed by atoms with E-state index in [4.69, 9.17) is 14.2 Å². The molecule has 180 valence electrons. The van der Waals surface area contributed by atoms with E-state index in [1.54, 1.807) is 0 Å². The second-order valence-electron chi connectivity index (χ2n) is 9.73. The lowest BCUT2D eigenvalue weighted by Gasteiger charge is -2.17. The third-order valence-electron chi connectivity index (χ3n) is 6.07. The average molecular weight is 429 g/mol. The molecule has 4 heteroatoms. The topological polar surface area (TPSA) is 47.9 Å². The smallest absolute Gasteiger partial charge is 0.163 e. The molecule has 1 fully saturated rings. The molecule has 0 radical (unpaired) electrons. The monoisotopic (exact) mass is 428 g/mol. The Hall–Kier alpha value is -0.160. The second kappa shape index (κ2) is 18.4. The number of aliphatic hydroxyl groups excluding tert-OH is 1. The molecule has 1 saturated heterocycles. The molecule has 4 nitrogen and oxygen atoms in total. The average Bonchev–Trinajstić information content (AvgIpc) is 3.06. The van der Waals surface area contributed by atoms with Gasteiger partial charge in [0.05, 0.1) is 25.9 Å². The van der Waals surface area contributed by atoms with E-state index in [2.05, 4.69) is 6.92 Å². The fourth-order valence-electron chi connectivity index (χ4n) is 4.19. The van der Waals surface area contributed by atoms with Crippen molar-refractivity contribution in [3.05, 3.63) is 0 Å². The van der Waals surface area contributed by atoms with E-state index in [0.29, 0.717) is 19.8 Å². The maximum absolute atomic E-state index is 10.0. The molecule has 0 aromatic carbocycles. The van der Waals surface area contributed by atoms with Crippen molar-refractivity contribution in [2.24, 2.45) is 0 Å². The van der Waals surface area contributed by atoms with E-state index in [1.807, 2.05) is 13.8 Å². The van der Waals surface area contributed by atoms with Crippen molar-refractivity contribution in [2.45, 2.75) is 148 Å². The molecular formula is C26H52O4. The summed E-state index contributed by atoms with van der Waals surface area (Å²) in [5.41, 5.74) is 0.